The van der Waals surface area contributed by atoms with E-state index >= 15 is 0 Å². The average Bonchev–Trinajstić information content (AvgIpc) is 2.86. The Labute approximate surface area is 199 Å². The molecule has 7 nitrogen and oxygen atoms in total. The van der Waals surface area contributed by atoms with Gasteiger partial charge in [-0.05, 0) is 55.2 Å². The highest BCUT2D eigenvalue weighted by atomic mass is 16.5. The highest BCUT2D eigenvalue weighted by Gasteiger charge is 2.42. The Morgan fingerprint density at radius 3 is 2.21 bits per heavy atom. The van der Waals surface area contributed by atoms with Crippen LogP contribution in [-0.4, -0.2) is 40.2 Å². The van der Waals surface area contributed by atoms with Gasteiger partial charge >= 0.3 is 5.97 Å². The van der Waals surface area contributed by atoms with E-state index in [1.165, 1.54) is 7.11 Å². The van der Waals surface area contributed by atoms with Gasteiger partial charge in [0.2, 0.25) is 0 Å². The van der Waals surface area contributed by atoms with Crippen LogP contribution < -0.4 is 19.5 Å². The predicted octanol–water partition coefficient (Wildman–Crippen LogP) is 4.25. The number of hydrogen-bond donors (Lipinski definition) is 1. The van der Waals surface area contributed by atoms with E-state index in [2.05, 4.69) is 5.32 Å². The number of hydrogen-bond acceptors (Lipinski definition) is 7. The number of nitrogens with one attached hydrogen (secondary N) is 1. The molecule has 0 bridgehead atoms. The predicted molar refractivity (Wildman–Crippen MR) is 127 cm³/mol. The van der Waals surface area contributed by atoms with Crippen molar-refractivity contribution in [1.29, 1.82) is 0 Å². The summed E-state index contributed by atoms with van der Waals surface area (Å²) in [4.78, 5) is 26.6. The number of benzene rings is 2. The van der Waals surface area contributed by atoms with E-state index in [-0.39, 0.29) is 11.7 Å². The lowest BCUT2D eigenvalue weighted by Gasteiger charge is -2.37. The van der Waals surface area contributed by atoms with Gasteiger partial charge in [0.05, 0.1) is 39.9 Å². The molecule has 0 fully saturated rings. The number of esters is 1. The molecule has 1 heterocycles. The van der Waals surface area contributed by atoms with Crippen molar-refractivity contribution in [3.63, 3.8) is 0 Å². The van der Waals surface area contributed by atoms with Crippen LogP contribution >= 0.6 is 0 Å². The summed E-state index contributed by atoms with van der Waals surface area (Å²) in [5.74, 6) is 0.836. The maximum Gasteiger partial charge on any atom is 0.336 e. The minimum atomic E-state index is -0.627. The lowest BCUT2D eigenvalue weighted by Crippen LogP contribution is -2.36. The number of dihydropyridines is 1. The van der Waals surface area contributed by atoms with Crippen molar-refractivity contribution in [2.24, 2.45) is 0 Å². The number of methoxy groups -OCH3 is 4. The molecule has 1 aliphatic carbocycles. The molecule has 7 heteroatoms. The number of carbonyl (C=O) groups is 2. The molecule has 1 aliphatic heterocycles. The molecule has 2 aliphatic rings. The van der Waals surface area contributed by atoms with Crippen molar-refractivity contribution in [3.8, 4) is 17.2 Å². The van der Waals surface area contributed by atoms with Crippen LogP contribution in [0.25, 0.3) is 0 Å². The maximum absolute atomic E-state index is 13.7. The van der Waals surface area contributed by atoms with Crippen LogP contribution in [0.2, 0.25) is 0 Å². The second-order valence-electron chi connectivity index (χ2n) is 8.39. The van der Waals surface area contributed by atoms with E-state index in [4.69, 9.17) is 18.9 Å². The Balaban J connectivity index is 1.84. The fourth-order valence-electron chi connectivity index (χ4n) is 4.91. The first-order valence-corrected chi connectivity index (χ1v) is 11.1. The zero-order valence-electron chi connectivity index (χ0n) is 20.1. The van der Waals surface area contributed by atoms with E-state index in [1.807, 2.05) is 37.3 Å². The number of Topliss-reactive ketones (excluding diaryl/α,β-unsaturated/α-hetero) is 1. The van der Waals surface area contributed by atoms with E-state index < -0.39 is 11.9 Å². The molecule has 0 saturated carbocycles. The van der Waals surface area contributed by atoms with Gasteiger partial charge in [-0.1, -0.05) is 12.1 Å². The molecular formula is C27H29NO6. The molecule has 2 aromatic carbocycles. The molecule has 178 valence electrons. The number of ether oxygens (including phenoxy) is 4. The van der Waals surface area contributed by atoms with E-state index in [0.29, 0.717) is 46.7 Å². The van der Waals surface area contributed by atoms with Crippen molar-refractivity contribution < 1.29 is 28.5 Å². The van der Waals surface area contributed by atoms with Gasteiger partial charge in [0.25, 0.3) is 0 Å². The fourth-order valence-corrected chi connectivity index (χ4v) is 4.91. The largest absolute Gasteiger partial charge is 0.497 e. The summed E-state index contributed by atoms with van der Waals surface area (Å²) in [6.45, 7) is 1.83. The summed E-state index contributed by atoms with van der Waals surface area (Å²) in [7, 11) is 6.11. The Kier molecular flexibility index (Phi) is 6.63. The molecule has 2 aromatic rings. The van der Waals surface area contributed by atoms with Gasteiger partial charge in [0.1, 0.15) is 17.2 Å². The van der Waals surface area contributed by atoms with Crippen LogP contribution in [0, 0.1) is 0 Å². The molecule has 0 saturated heterocycles. The third-order valence-corrected chi connectivity index (χ3v) is 6.57. The average molecular weight is 464 g/mol. The topological polar surface area (TPSA) is 83.1 Å². The maximum atomic E-state index is 13.7. The molecular weight excluding hydrogens is 434 g/mol. The van der Waals surface area contributed by atoms with Gasteiger partial charge in [-0.15, -0.1) is 0 Å². The summed E-state index contributed by atoms with van der Waals surface area (Å²) in [5.41, 5.74) is 4.19. The quantitative estimate of drug-likeness (QED) is 0.642. The molecule has 0 unspecified atom stereocenters. The number of ketones is 1. The Bertz CT molecular complexity index is 1180. The standard InChI is InChI=1S/C27H29NO6/c1-15-24(27(30)34-5)25(20-14-19(32-3)10-11-23(20)33-4)26-21(28-15)12-17(13-22(26)29)16-6-8-18(31-2)9-7-16/h6-11,14,17,25,28H,12-13H2,1-5H3/t17-,25-/m0/s1. The second-order valence-corrected chi connectivity index (χ2v) is 8.39. The summed E-state index contributed by atoms with van der Waals surface area (Å²) in [5, 5.41) is 3.34. The Morgan fingerprint density at radius 2 is 1.59 bits per heavy atom. The monoisotopic (exact) mass is 463 g/mol. The van der Waals surface area contributed by atoms with Crippen molar-refractivity contribution in [3.05, 3.63) is 76.1 Å². The minimum Gasteiger partial charge on any atom is -0.497 e. The highest BCUT2D eigenvalue weighted by molar-refractivity contribution is 6.04. The van der Waals surface area contributed by atoms with Crippen LogP contribution in [0.5, 0.6) is 17.2 Å². The Morgan fingerprint density at radius 1 is 0.912 bits per heavy atom. The van der Waals surface area contributed by atoms with Crippen molar-refractivity contribution >= 4 is 11.8 Å². The third-order valence-electron chi connectivity index (χ3n) is 6.57. The van der Waals surface area contributed by atoms with Crippen molar-refractivity contribution in [1.82, 2.24) is 5.32 Å². The number of carbonyl (C=O) groups excluding carboxylic acids is 2. The zero-order chi connectivity index (χ0) is 24.4. The van der Waals surface area contributed by atoms with E-state index in [0.717, 1.165) is 17.0 Å². The van der Waals surface area contributed by atoms with Gasteiger partial charge < -0.3 is 24.3 Å². The smallest absolute Gasteiger partial charge is 0.336 e. The highest BCUT2D eigenvalue weighted by Crippen LogP contribution is 2.48. The second kappa shape index (κ2) is 9.63. The Hall–Kier alpha value is -3.74. The zero-order valence-corrected chi connectivity index (χ0v) is 20.1. The molecule has 4 rings (SSSR count). The first-order chi connectivity index (χ1) is 16.4. The summed E-state index contributed by atoms with van der Waals surface area (Å²) < 4.78 is 21.4. The normalized spacial score (nSPS) is 19.9. The van der Waals surface area contributed by atoms with Gasteiger partial charge in [0, 0.05) is 29.0 Å². The van der Waals surface area contributed by atoms with Crippen molar-refractivity contribution in [2.75, 3.05) is 28.4 Å². The van der Waals surface area contributed by atoms with Crippen LogP contribution in [0.1, 0.15) is 42.7 Å². The van der Waals surface area contributed by atoms with Gasteiger partial charge in [0.15, 0.2) is 5.78 Å². The van der Waals surface area contributed by atoms with E-state index in [9.17, 15) is 9.59 Å². The molecule has 0 amide bonds. The minimum absolute atomic E-state index is 0.0154. The summed E-state index contributed by atoms with van der Waals surface area (Å²) >= 11 is 0. The first-order valence-electron chi connectivity index (χ1n) is 11.1. The SMILES string of the molecule is COC(=O)C1=C(C)NC2=C(C(=O)C[C@@H](c3ccc(OC)cc3)C2)[C@H]1c1cc(OC)ccc1OC. The molecule has 1 N–H and O–H groups in total. The molecule has 0 spiro atoms. The summed E-state index contributed by atoms with van der Waals surface area (Å²) in [6, 6.07) is 13.2. The lowest BCUT2D eigenvalue weighted by atomic mass is 9.71. The van der Waals surface area contributed by atoms with Crippen LogP contribution in [0.15, 0.2) is 65.0 Å². The first kappa shape index (κ1) is 23.4. The number of allylic oxidation sites excluding steroid dienone is 3. The number of rotatable bonds is 6. The summed E-state index contributed by atoms with van der Waals surface area (Å²) in [6.07, 6.45) is 0.977. The fraction of sp³-hybridized carbons (Fsp3) is 0.333. The third kappa shape index (κ3) is 4.14. The van der Waals surface area contributed by atoms with Crippen LogP contribution in [0.4, 0.5) is 0 Å². The molecule has 0 aromatic heterocycles. The van der Waals surface area contributed by atoms with E-state index in [1.54, 1.807) is 33.5 Å². The van der Waals surface area contributed by atoms with Gasteiger partial charge in [-0.2, -0.15) is 0 Å². The van der Waals surface area contributed by atoms with Crippen LogP contribution in [-0.2, 0) is 14.3 Å². The molecule has 2 atom stereocenters. The molecule has 0 radical (unpaired) electrons. The molecule has 34 heavy (non-hydrogen) atoms. The van der Waals surface area contributed by atoms with Gasteiger partial charge in [-0.25, -0.2) is 4.79 Å². The van der Waals surface area contributed by atoms with Crippen LogP contribution in [0.3, 0.4) is 0 Å². The van der Waals surface area contributed by atoms with Crippen molar-refractivity contribution in [2.45, 2.75) is 31.6 Å². The lowest BCUT2D eigenvalue weighted by molar-refractivity contribution is -0.136. The van der Waals surface area contributed by atoms with Gasteiger partial charge in [-0.3, -0.25) is 4.79 Å².